The predicted octanol–water partition coefficient (Wildman–Crippen LogP) is 3.67. The molecule has 3 rings (SSSR count). The van der Waals surface area contributed by atoms with Crippen molar-refractivity contribution in [1.82, 2.24) is 15.0 Å². The van der Waals surface area contributed by atoms with E-state index < -0.39 is 11.9 Å². The number of pyridine rings is 1. The first-order chi connectivity index (χ1) is 12.7. The number of amides is 1. The summed E-state index contributed by atoms with van der Waals surface area (Å²) in [6, 6.07) is 3.77. The van der Waals surface area contributed by atoms with Crippen molar-refractivity contribution in [2.24, 2.45) is 5.92 Å². The van der Waals surface area contributed by atoms with E-state index in [4.69, 9.17) is 9.63 Å². The molecule has 142 valence electrons. The van der Waals surface area contributed by atoms with Crippen molar-refractivity contribution >= 4 is 34.3 Å². The second-order valence-electron chi connectivity index (χ2n) is 6.76. The summed E-state index contributed by atoms with van der Waals surface area (Å²) in [5, 5.41) is 13.6. The first kappa shape index (κ1) is 19.0. The van der Waals surface area contributed by atoms with Crippen LogP contribution in [0, 0.1) is 26.7 Å². The molecule has 0 aliphatic heterocycles. The molecule has 1 atom stereocenters. The Morgan fingerprint density at radius 3 is 2.59 bits per heavy atom. The molecule has 0 aromatic carbocycles. The van der Waals surface area contributed by atoms with Crippen LogP contribution in [0.25, 0.3) is 22.4 Å². The van der Waals surface area contributed by atoms with Crippen molar-refractivity contribution in [3.8, 4) is 11.3 Å². The molecule has 1 N–H and O–H groups in total. The fourth-order valence-corrected chi connectivity index (χ4v) is 4.00. The number of aryl methyl sites for hydroxylation is 3. The fraction of sp³-hybridized carbons (Fsp3) is 0.368. The van der Waals surface area contributed by atoms with Crippen LogP contribution in [-0.4, -0.2) is 45.6 Å². The van der Waals surface area contributed by atoms with Crippen LogP contribution >= 0.6 is 11.3 Å². The van der Waals surface area contributed by atoms with Gasteiger partial charge in [0, 0.05) is 28.9 Å². The van der Waals surface area contributed by atoms with Crippen LogP contribution in [0.4, 0.5) is 0 Å². The molecule has 1 unspecified atom stereocenters. The number of fused-ring (bicyclic) bond motifs is 1. The highest BCUT2D eigenvalue weighted by Crippen LogP contribution is 2.33. The molecule has 3 aromatic rings. The van der Waals surface area contributed by atoms with Gasteiger partial charge in [-0.3, -0.25) is 9.59 Å². The summed E-state index contributed by atoms with van der Waals surface area (Å²) in [4.78, 5) is 32.4. The smallest absolute Gasteiger partial charge is 0.308 e. The van der Waals surface area contributed by atoms with Crippen molar-refractivity contribution in [2.75, 3.05) is 13.6 Å². The number of carboxylic acids is 1. The molecule has 0 aliphatic carbocycles. The van der Waals surface area contributed by atoms with E-state index in [0.29, 0.717) is 28.1 Å². The Morgan fingerprint density at radius 2 is 2.00 bits per heavy atom. The Balaban J connectivity index is 2.10. The normalized spacial score (nSPS) is 12.3. The van der Waals surface area contributed by atoms with Gasteiger partial charge in [0.1, 0.15) is 0 Å². The maximum Gasteiger partial charge on any atom is 0.308 e. The van der Waals surface area contributed by atoms with E-state index in [1.54, 1.807) is 38.3 Å². The van der Waals surface area contributed by atoms with Gasteiger partial charge in [-0.15, -0.1) is 11.3 Å². The van der Waals surface area contributed by atoms with E-state index >= 15 is 0 Å². The highest BCUT2D eigenvalue weighted by atomic mass is 32.1. The molecule has 0 saturated carbocycles. The van der Waals surface area contributed by atoms with Crippen molar-refractivity contribution in [3.05, 3.63) is 33.1 Å². The Labute approximate surface area is 160 Å². The van der Waals surface area contributed by atoms with Gasteiger partial charge in [0.25, 0.3) is 11.6 Å². The lowest BCUT2D eigenvalue weighted by molar-refractivity contribution is -0.141. The number of carboxylic acid groups (broad SMARTS) is 1. The lowest BCUT2D eigenvalue weighted by Crippen LogP contribution is -2.33. The van der Waals surface area contributed by atoms with Crippen LogP contribution in [0.15, 0.2) is 16.7 Å². The average molecular weight is 387 g/mol. The first-order valence-corrected chi connectivity index (χ1v) is 9.33. The molecule has 0 spiro atoms. The molecular weight excluding hydrogens is 366 g/mol. The molecule has 0 radical (unpaired) electrons. The number of carbonyl (C=O) groups excluding carboxylic acids is 1. The molecule has 0 fully saturated rings. The van der Waals surface area contributed by atoms with E-state index in [9.17, 15) is 9.59 Å². The SMILES string of the molecule is Cc1cc(-c2cc(C(=O)N(C)CC(C)C(=O)O)c3c(C)noc3n2)c(C)s1. The highest BCUT2D eigenvalue weighted by Gasteiger charge is 2.24. The Morgan fingerprint density at radius 1 is 1.30 bits per heavy atom. The molecular formula is C19H21N3O4S. The summed E-state index contributed by atoms with van der Waals surface area (Å²) < 4.78 is 5.32. The van der Waals surface area contributed by atoms with E-state index in [1.807, 2.05) is 19.9 Å². The van der Waals surface area contributed by atoms with Gasteiger partial charge in [0.05, 0.1) is 28.3 Å². The van der Waals surface area contributed by atoms with Gasteiger partial charge in [0.2, 0.25) is 0 Å². The molecule has 8 heteroatoms. The van der Waals surface area contributed by atoms with E-state index in [-0.39, 0.29) is 12.5 Å². The van der Waals surface area contributed by atoms with Crippen molar-refractivity contribution in [3.63, 3.8) is 0 Å². The summed E-state index contributed by atoms with van der Waals surface area (Å²) in [5.74, 6) is -1.89. The third kappa shape index (κ3) is 3.57. The van der Waals surface area contributed by atoms with Gasteiger partial charge in [0.15, 0.2) is 0 Å². The number of rotatable bonds is 5. The van der Waals surface area contributed by atoms with E-state index in [2.05, 4.69) is 10.1 Å². The highest BCUT2D eigenvalue weighted by molar-refractivity contribution is 7.12. The monoisotopic (exact) mass is 387 g/mol. The minimum absolute atomic E-state index is 0.105. The number of carbonyl (C=O) groups is 2. The topological polar surface area (TPSA) is 96.5 Å². The zero-order chi connectivity index (χ0) is 19.9. The van der Waals surface area contributed by atoms with Crippen LogP contribution in [0.2, 0.25) is 0 Å². The summed E-state index contributed by atoms with van der Waals surface area (Å²) in [6.07, 6.45) is 0. The van der Waals surface area contributed by atoms with Crippen LogP contribution in [0.3, 0.4) is 0 Å². The number of nitrogens with zero attached hydrogens (tertiary/aromatic N) is 3. The van der Waals surface area contributed by atoms with Crippen molar-refractivity contribution in [1.29, 1.82) is 0 Å². The molecule has 0 bridgehead atoms. The van der Waals surface area contributed by atoms with Gasteiger partial charge in [-0.2, -0.15) is 0 Å². The van der Waals surface area contributed by atoms with Gasteiger partial charge in [-0.1, -0.05) is 12.1 Å². The number of hydrogen-bond donors (Lipinski definition) is 1. The fourth-order valence-electron chi connectivity index (χ4n) is 3.06. The third-order valence-electron chi connectivity index (χ3n) is 4.48. The Bertz CT molecular complexity index is 1040. The maximum atomic E-state index is 13.1. The van der Waals surface area contributed by atoms with Crippen LogP contribution < -0.4 is 0 Å². The summed E-state index contributed by atoms with van der Waals surface area (Å²) >= 11 is 1.66. The zero-order valence-corrected chi connectivity index (χ0v) is 16.7. The number of thiophene rings is 1. The molecule has 3 aromatic heterocycles. The first-order valence-electron chi connectivity index (χ1n) is 8.51. The quantitative estimate of drug-likeness (QED) is 0.717. The maximum absolute atomic E-state index is 13.1. The van der Waals surface area contributed by atoms with Crippen molar-refractivity contribution in [2.45, 2.75) is 27.7 Å². The van der Waals surface area contributed by atoms with Crippen molar-refractivity contribution < 1.29 is 19.2 Å². The lowest BCUT2D eigenvalue weighted by atomic mass is 10.0. The summed E-state index contributed by atoms with van der Waals surface area (Å²) in [7, 11) is 1.59. The predicted molar refractivity (Wildman–Crippen MR) is 103 cm³/mol. The minimum atomic E-state index is -0.944. The molecule has 7 nitrogen and oxygen atoms in total. The molecule has 1 amide bonds. The van der Waals surface area contributed by atoms with Crippen LogP contribution in [0.1, 0.15) is 32.7 Å². The summed E-state index contributed by atoms with van der Waals surface area (Å²) in [5.41, 5.74) is 2.88. The number of aromatic nitrogens is 2. The van der Waals surface area contributed by atoms with Gasteiger partial charge in [-0.05, 0) is 32.9 Å². The Kier molecular flexibility index (Phi) is 5.01. The largest absolute Gasteiger partial charge is 0.481 e. The molecule has 0 aliphatic rings. The average Bonchev–Trinajstić information content (AvgIpc) is 3.15. The van der Waals surface area contributed by atoms with Gasteiger partial charge < -0.3 is 14.5 Å². The number of hydrogen-bond acceptors (Lipinski definition) is 6. The van der Waals surface area contributed by atoms with Crippen LogP contribution in [0.5, 0.6) is 0 Å². The second-order valence-corrected chi connectivity index (χ2v) is 8.22. The van der Waals surface area contributed by atoms with Gasteiger partial charge >= 0.3 is 5.97 Å². The van der Waals surface area contributed by atoms with Gasteiger partial charge in [-0.25, -0.2) is 4.98 Å². The minimum Gasteiger partial charge on any atom is -0.481 e. The molecule has 3 heterocycles. The standard InChI is InChI=1S/C19H21N3O4S/c1-9(19(24)25)8-22(5)18(23)14-7-15(13-6-10(2)27-12(13)4)20-17-16(14)11(3)21-26-17/h6-7,9H,8H2,1-5H3,(H,24,25). The zero-order valence-electron chi connectivity index (χ0n) is 15.9. The third-order valence-corrected chi connectivity index (χ3v) is 5.45. The molecule has 0 saturated heterocycles. The second kappa shape index (κ2) is 7.11. The number of aliphatic carboxylic acids is 1. The van der Waals surface area contributed by atoms with E-state index in [0.717, 1.165) is 15.3 Å². The Hall–Kier alpha value is -2.74. The van der Waals surface area contributed by atoms with E-state index in [1.165, 1.54) is 4.90 Å². The van der Waals surface area contributed by atoms with Crippen LogP contribution in [-0.2, 0) is 4.79 Å². The lowest BCUT2D eigenvalue weighted by Gasteiger charge is -2.20. The molecule has 27 heavy (non-hydrogen) atoms. The summed E-state index contributed by atoms with van der Waals surface area (Å²) in [6.45, 7) is 7.46.